The number of nitrogens with zero attached hydrogens (tertiary/aromatic N) is 1. The highest BCUT2D eigenvalue weighted by Crippen LogP contribution is 2.37. The number of esters is 1. The van der Waals surface area contributed by atoms with E-state index in [1.54, 1.807) is 0 Å². The summed E-state index contributed by atoms with van der Waals surface area (Å²) < 4.78 is 5.11. The maximum atomic E-state index is 12.3. The third kappa shape index (κ3) is 3.59. The molecule has 1 saturated carbocycles. The molecule has 2 aliphatic rings. The first-order chi connectivity index (χ1) is 10.0. The molecule has 0 spiro atoms. The van der Waals surface area contributed by atoms with E-state index in [-0.39, 0.29) is 5.97 Å². The van der Waals surface area contributed by atoms with Gasteiger partial charge in [-0.3, -0.25) is 15.0 Å². The normalized spacial score (nSPS) is 34.3. The quantitative estimate of drug-likeness (QED) is 0.792. The van der Waals surface area contributed by atoms with Gasteiger partial charge in [0.25, 0.3) is 0 Å². The van der Waals surface area contributed by atoms with Crippen LogP contribution in [-0.4, -0.2) is 48.2 Å². The first-order valence-corrected chi connectivity index (χ1v) is 8.64. The Morgan fingerprint density at radius 3 is 2.76 bits per heavy atom. The monoisotopic (exact) mass is 296 g/mol. The Kier molecular flexibility index (Phi) is 5.67. The Hall–Kier alpha value is -0.610. The molecule has 4 nitrogen and oxygen atoms in total. The molecule has 1 saturated heterocycles. The maximum absolute atomic E-state index is 12.3. The van der Waals surface area contributed by atoms with E-state index >= 15 is 0 Å². The Morgan fingerprint density at radius 1 is 1.38 bits per heavy atom. The van der Waals surface area contributed by atoms with Crippen molar-refractivity contribution < 1.29 is 9.53 Å². The fraction of sp³-hybridized carbons (Fsp3) is 0.941. The molecule has 122 valence electrons. The molecule has 0 aromatic heterocycles. The molecule has 1 aliphatic heterocycles. The summed E-state index contributed by atoms with van der Waals surface area (Å²) >= 11 is 0. The molecule has 0 amide bonds. The zero-order valence-electron chi connectivity index (χ0n) is 14.2. The van der Waals surface area contributed by atoms with Crippen LogP contribution in [-0.2, 0) is 9.53 Å². The predicted octanol–water partition coefficient (Wildman–Crippen LogP) is 2.71. The summed E-state index contributed by atoms with van der Waals surface area (Å²) in [6.45, 7) is 7.70. The van der Waals surface area contributed by atoms with Gasteiger partial charge in [0.1, 0.15) is 5.54 Å². The van der Waals surface area contributed by atoms with Gasteiger partial charge in [0.05, 0.1) is 7.11 Å². The molecule has 3 atom stereocenters. The van der Waals surface area contributed by atoms with Crippen LogP contribution in [0, 0.1) is 0 Å². The number of likely N-dealkylation sites (tertiary alicyclic amines) is 1. The number of methoxy groups -OCH3 is 1. The molecular formula is C17H32N2O2. The zero-order chi connectivity index (χ0) is 15.5. The molecule has 1 aliphatic carbocycles. The zero-order valence-corrected chi connectivity index (χ0v) is 14.2. The molecule has 3 unspecified atom stereocenters. The summed E-state index contributed by atoms with van der Waals surface area (Å²) in [7, 11) is 1.51. The molecule has 1 N–H and O–H groups in total. The van der Waals surface area contributed by atoms with Gasteiger partial charge >= 0.3 is 5.97 Å². The molecule has 0 radical (unpaired) electrons. The van der Waals surface area contributed by atoms with Crippen molar-refractivity contribution in [1.29, 1.82) is 0 Å². The highest BCUT2D eigenvalue weighted by molar-refractivity contribution is 5.81. The van der Waals surface area contributed by atoms with Crippen LogP contribution in [0.25, 0.3) is 0 Å². The maximum Gasteiger partial charge on any atom is 0.326 e. The third-order valence-electron chi connectivity index (χ3n) is 5.24. The smallest absolute Gasteiger partial charge is 0.326 e. The van der Waals surface area contributed by atoms with Crippen LogP contribution in [0.1, 0.15) is 65.7 Å². The topological polar surface area (TPSA) is 41.6 Å². The summed E-state index contributed by atoms with van der Waals surface area (Å²) in [5.74, 6) is -0.0799. The lowest BCUT2D eigenvalue weighted by atomic mass is 9.94. The lowest BCUT2D eigenvalue weighted by Gasteiger charge is -2.40. The van der Waals surface area contributed by atoms with Crippen molar-refractivity contribution >= 4 is 5.97 Å². The van der Waals surface area contributed by atoms with E-state index in [1.165, 1.54) is 39.3 Å². The minimum Gasteiger partial charge on any atom is -0.468 e. The van der Waals surface area contributed by atoms with Gasteiger partial charge in [0.2, 0.25) is 0 Å². The van der Waals surface area contributed by atoms with Crippen molar-refractivity contribution in [2.24, 2.45) is 0 Å². The van der Waals surface area contributed by atoms with Crippen molar-refractivity contribution in [2.75, 3.05) is 13.7 Å². The molecule has 0 aromatic carbocycles. The number of nitrogens with one attached hydrogen (secondary N) is 1. The average Bonchev–Trinajstić information content (AvgIpc) is 2.90. The van der Waals surface area contributed by atoms with E-state index in [1.807, 2.05) is 0 Å². The van der Waals surface area contributed by atoms with Crippen LogP contribution in [0.3, 0.4) is 0 Å². The first kappa shape index (κ1) is 16.8. The van der Waals surface area contributed by atoms with Gasteiger partial charge in [-0.1, -0.05) is 13.3 Å². The Labute approximate surface area is 129 Å². The minimum absolute atomic E-state index is 0.0799. The summed E-state index contributed by atoms with van der Waals surface area (Å²) in [4.78, 5) is 15.0. The third-order valence-corrected chi connectivity index (χ3v) is 5.24. The number of hydrogen-bond donors (Lipinski definition) is 1. The molecule has 2 fully saturated rings. The number of carbonyl (C=O) groups excluding carboxylic acids is 1. The van der Waals surface area contributed by atoms with E-state index in [0.29, 0.717) is 18.1 Å². The van der Waals surface area contributed by atoms with Crippen LogP contribution in [0.4, 0.5) is 0 Å². The summed E-state index contributed by atoms with van der Waals surface area (Å²) in [5.41, 5.74) is -0.469. The number of carbonyl (C=O) groups is 1. The second-order valence-corrected chi connectivity index (χ2v) is 7.07. The second kappa shape index (κ2) is 7.10. The Balaban J connectivity index is 2.09. The van der Waals surface area contributed by atoms with Gasteiger partial charge in [-0.15, -0.1) is 0 Å². The largest absolute Gasteiger partial charge is 0.468 e. The van der Waals surface area contributed by atoms with Crippen LogP contribution in [0.2, 0.25) is 0 Å². The van der Waals surface area contributed by atoms with Crippen molar-refractivity contribution in [3.05, 3.63) is 0 Å². The van der Waals surface area contributed by atoms with E-state index in [0.717, 1.165) is 19.3 Å². The minimum atomic E-state index is -0.469. The van der Waals surface area contributed by atoms with Gasteiger partial charge < -0.3 is 4.74 Å². The highest BCUT2D eigenvalue weighted by atomic mass is 16.5. The van der Waals surface area contributed by atoms with Crippen molar-refractivity contribution in [3.8, 4) is 0 Å². The Bertz CT molecular complexity index is 359. The van der Waals surface area contributed by atoms with Crippen LogP contribution < -0.4 is 5.32 Å². The van der Waals surface area contributed by atoms with Crippen molar-refractivity contribution in [3.63, 3.8) is 0 Å². The van der Waals surface area contributed by atoms with E-state index in [9.17, 15) is 4.79 Å². The summed E-state index contributed by atoms with van der Waals surface area (Å²) in [5, 5.41) is 3.51. The Morgan fingerprint density at radius 2 is 2.14 bits per heavy atom. The van der Waals surface area contributed by atoms with Gasteiger partial charge in [-0.25, -0.2) is 0 Å². The van der Waals surface area contributed by atoms with Crippen molar-refractivity contribution in [1.82, 2.24) is 10.2 Å². The first-order valence-electron chi connectivity index (χ1n) is 8.64. The van der Waals surface area contributed by atoms with Crippen molar-refractivity contribution in [2.45, 2.75) is 89.4 Å². The lowest BCUT2D eigenvalue weighted by molar-refractivity contribution is -0.149. The molecule has 4 heteroatoms. The standard InChI is InChI=1S/C17H32N2O2/c1-5-14-8-6-7-11-19(14)15-9-10-17(12-15,16(20)21-4)18-13(2)3/h13-15,18H,5-12H2,1-4H3. The number of piperidine rings is 1. The molecule has 0 bridgehead atoms. The highest BCUT2D eigenvalue weighted by Gasteiger charge is 2.48. The summed E-state index contributed by atoms with van der Waals surface area (Å²) in [6, 6.07) is 1.53. The molecule has 1 heterocycles. The van der Waals surface area contributed by atoms with Crippen LogP contribution in [0.5, 0.6) is 0 Å². The van der Waals surface area contributed by atoms with Gasteiger partial charge in [-0.2, -0.15) is 0 Å². The van der Waals surface area contributed by atoms with E-state index in [2.05, 4.69) is 31.0 Å². The number of ether oxygens (including phenoxy) is 1. The van der Waals surface area contributed by atoms with Crippen LogP contribution in [0.15, 0.2) is 0 Å². The molecule has 2 rings (SSSR count). The number of rotatable bonds is 5. The van der Waals surface area contributed by atoms with Gasteiger partial charge in [0.15, 0.2) is 0 Å². The SMILES string of the molecule is CCC1CCCCN1C1CCC(NC(C)C)(C(=O)OC)C1. The second-order valence-electron chi connectivity index (χ2n) is 7.07. The predicted molar refractivity (Wildman–Crippen MR) is 85.3 cm³/mol. The summed E-state index contributed by atoms with van der Waals surface area (Å²) in [6.07, 6.45) is 8.09. The fourth-order valence-corrected chi connectivity index (χ4v) is 4.37. The lowest BCUT2D eigenvalue weighted by Crippen LogP contribution is -2.55. The van der Waals surface area contributed by atoms with Crippen LogP contribution >= 0.6 is 0 Å². The average molecular weight is 296 g/mol. The molecular weight excluding hydrogens is 264 g/mol. The fourth-order valence-electron chi connectivity index (χ4n) is 4.37. The molecule has 0 aromatic rings. The van der Waals surface area contributed by atoms with Gasteiger partial charge in [0, 0.05) is 18.1 Å². The van der Waals surface area contributed by atoms with Gasteiger partial charge in [-0.05, 0) is 58.9 Å². The van der Waals surface area contributed by atoms with E-state index in [4.69, 9.17) is 4.74 Å². The van der Waals surface area contributed by atoms with E-state index < -0.39 is 5.54 Å². The number of hydrogen-bond acceptors (Lipinski definition) is 4. The molecule has 21 heavy (non-hydrogen) atoms.